The van der Waals surface area contributed by atoms with E-state index in [1.54, 1.807) is 0 Å². The number of carbonyl (C=O) groups is 1. The third kappa shape index (κ3) is 5.18. The lowest BCUT2D eigenvalue weighted by Crippen LogP contribution is -2.37. The summed E-state index contributed by atoms with van der Waals surface area (Å²) in [5, 5.41) is 9.86. The molecule has 1 saturated carbocycles. The number of rotatable bonds is 6. The van der Waals surface area contributed by atoms with Gasteiger partial charge in [0.25, 0.3) is 0 Å². The summed E-state index contributed by atoms with van der Waals surface area (Å²) in [6, 6.07) is 4.02. The van der Waals surface area contributed by atoms with Crippen molar-refractivity contribution in [2.24, 2.45) is 16.9 Å². The maximum absolute atomic E-state index is 12.8. The van der Waals surface area contributed by atoms with Gasteiger partial charge >= 0.3 is 6.18 Å². The Morgan fingerprint density at radius 3 is 2.44 bits per heavy atom. The maximum atomic E-state index is 12.8. The zero-order chi connectivity index (χ0) is 20.2. The summed E-state index contributed by atoms with van der Waals surface area (Å²) in [6.45, 7) is 0. The van der Waals surface area contributed by atoms with Crippen molar-refractivity contribution in [1.29, 1.82) is 10.9 Å². The number of amides is 1. The molecule has 6 nitrogen and oxygen atoms in total. The van der Waals surface area contributed by atoms with E-state index in [2.05, 4.69) is 5.22 Å². The van der Waals surface area contributed by atoms with E-state index in [9.17, 15) is 18.0 Å². The summed E-state index contributed by atoms with van der Waals surface area (Å²) in [5.41, 5.74) is 12.7. The molecule has 4 N–H and O–H groups in total. The van der Waals surface area contributed by atoms with E-state index >= 15 is 0 Å². The van der Waals surface area contributed by atoms with Crippen molar-refractivity contribution < 1.29 is 18.0 Å². The molecular formula is C17H21ClF3N5O. The van der Waals surface area contributed by atoms with Gasteiger partial charge in [-0.15, -0.1) is 0 Å². The molecule has 1 aliphatic rings. The summed E-state index contributed by atoms with van der Waals surface area (Å²) in [4.78, 5) is 11.9. The Bertz CT molecular complexity index is 719. The molecular weight excluding hydrogens is 383 g/mol. The monoisotopic (exact) mass is 403 g/mol. The number of hydrogen-bond acceptors (Lipinski definition) is 4. The topological polar surface area (TPSA) is 106 Å². The van der Waals surface area contributed by atoms with E-state index in [4.69, 9.17) is 28.3 Å². The molecule has 27 heavy (non-hydrogen) atoms. The molecule has 2 rings (SSSR count). The van der Waals surface area contributed by atoms with Gasteiger partial charge in [-0.2, -0.15) is 23.7 Å². The Hall–Kier alpha value is -2.16. The van der Waals surface area contributed by atoms with Gasteiger partial charge in [0.15, 0.2) is 0 Å². The molecule has 0 bridgehead atoms. The van der Waals surface area contributed by atoms with Crippen molar-refractivity contribution >= 4 is 29.0 Å². The van der Waals surface area contributed by atoms with Gasteiger partial charge < -0.3 is 5.73 Å². The summed E-state index contributed by atoms with van der Waals surface area (Å²) in [6.07, 6.45) is 1.01. The van der Waals surface area contributed by atoms with Crippen LogP contribution in [0.5, 0.6) is 0 Å². The largest absolute Gasteiger partial charge is 0.451 e. The van der Waals surface area contributed by atoms with E-state index in [0.29, 0.717) is 17.9 Å². The fourth-order valence-corrected chi connectivity index (χ4v) is 3.70. The second kappa shape index (κ2) is 8.69. The molecule has 0 saturated heterocycles. The fraction of sp³-hybridized carbons (Fsp3) is 0.529. The number of nitrogens with one attached hydrogen (secondary N) is 2. The molecule has 1 aromatic carbocycles. The number of carbonyl (C=O) groups excluding carboxylic acids is 1. The van der Waals surface area contributed by atoms with Gasteiger partial charge in [-0.1, -0.05) is 55.0 Å². The van der Waals surface area contributed by atoms with Crippen LogP contribution in [-0.2, 0) is 4.79 Å². The van der Waals surface area contributed by atoms with Gasteiger partial charge in [0.2, 0.25) is 11.7 Å². The number of nitrogens with two attached hydrogens (primary N) is 1. The van der Waals surface area contributed by atoms with Crippen LogP contribution < -0.4 is 10.7 Å². The molecule has 1 amide bonds. The molecule has 148 valence electrons. The lowest BCUT2D eigenvalue weighted by Gasteiger charge is -2.26. The first-order valence-electron chi connectivity index (χ1n) is 8.57. The van der Waals surface area contributed by atoms with Crippen molar-refractivity contribution in [3.8, 4) is 0 Å². The average molecular weight is 404 g/mol. The number of anilines is 1. The van der Waals surface area contributed by atoms with Crippen molar-refractivity contribution in [2.75, 3.05) is 5.01 Å². The first-order valence-corrected chi connectivity index (χ1v) is 8.95. The molecule has 0 aromatic heterocycles. The van der Waals surface area contributed by atoms with Crippen LogP contribution in [0.15, 0.2) is 23.4 Å². The number of nitrogens with zero attached hydrogens (tertiary/aromatic N) is 2. The Morgan fingerprint density at radius 1 is 1.33 bits per heavy atom. The van der Waals surface area contributed by atoms with Crippen LogP contribution in [0.3, 0.4) is 0 Å². The van der Waals surface area contributed by atoms with Crippen molar-refractivity contribution in [3.63, 3.8) is 0 Å². The summed E-state index contributed by atoms with van der Waals surface area (Å²) in [5.74, 6) is -2.58. The highest BCUT2D eigenvalue weighted by atomic mass is 35.5. The highest BCUT2D eigenvalue weighted by molar-refractivity contribution is 6.34. The van der Waals surface area contributed by atoms with Crippen molar-refractivity contribution in [2.45, 2.75) is 50.6 Å². The number of alkyl halides is 3. The highest BCUT2D eigenvalue weighted by Crippen LogP contribution is 2.36. The van der Waals surface area contributed by atoms with Crippen LogP contribution in [0.1, 0.15) is 50.0 Å². The highest BCUT2D eigenvalue weighted by Gasteiger charge is 2.40. The number of amidine groups is 1. The first-order chi connectivity index (χ1) is 12.6. The molecule has 0 aliphatic heterocycles. The van der Waals surface area contributed by atoms with Gasteiger partial charge in [0, 0.05) is 0 Å². The molecule has 0 spiro atoms. The zero-order valence-corrected chi connectivity index (χ0v) is 15.3. The van der Waals surface area contributed by atoms with E-state index < -0.39 is 23.8 Å². The minimum Gasteiger partial charge on any atom is -0.369 e. The number of halogens is 4. The lowest BCUT2D eigenvalue weighted by molar-refractivity contribution is -0.119. The van der Waals surface area contributed by atoms with Gasteiger partial charge in [-0.05, 0) is 30.0 Å². The molecule has 1 atom stereocenters. The molecule has 1 fully saturated rings. The van der Waals surface area contributed by atoms with Gasteiger partial charge in [0.1, 0.15) is 0 Å². The van der Waals surface area contributed by atoms with Crippen LogP contribution in [-0.4, -0.2) is 17.9 Å². The third-order valence-corrected chi connectivity index (χ3v) is 5.12. The number of primary amides is 1. The molecule has 0 radical (unpaired) electrons. The van der Waals surface area contributed by atoms with Crippen LogP contribution >= 0.6 is 11.6 Å². The third-order valence-electron chi connectivity index (χ3n) is 4.82. The smallest absolute Gasteiger partial charge is 0.369 e. The summed E-state index contributed by atoms with van der Waals surface area (Å²) in [7, 11) is 0. The summed E-state index contributed by atoms with van der Waals surface area (Å²) >= 11 is 6.09. The van der Waals surface area contributed by atoms with Gasteiger partial charge in [-0.25, -0.2) is 0 Å². The van der Waals surface area contributed by atoms with Crippen LogP contribution in [0, 0.1) is 16.9 Å². The second-order valence-corrected chi connectivity index (χ2v) is 7.07. The Morgan fingerprint density at radius 2 is 1.96 bits per heavy atom. The van der Waals surface area contributed by atoms with E-state index in [1.807, 2.05) is 0 Å². The normalized spacial score (nSPS) is 16.6. The van der Waals surface area contributed by atoms with Crippen molar-refractivity contribution in [3.05, 3.63) is 28.8 Å². The Balaban J connectivity index is 2.28. The van der Waals surface area contributed by atoms with E-state index in [0.717, 1.165) is 25.7 Å². The fourth-order valence-electron chi connectivity index (χ4n) is 3.43. The zero-order valence-electron chi connectivity index (χ0n) is 14.5. The minimum absolute atomic E-state index is 0.0898. The van der Waals surface area contributed by atoms with E-state index in [-0.39, 0.29) is 15.7 Å². The number of benzene rings is 1. The molecule has 10 heteroatoms. The van der Waals surface area contributed by atoms with Crippen LogP contribution in [0.25, 0.3) is 0 Å². The van der Waals surface area contributed by atoms with Crippen molar-refractivity contribution in [1.82, 2.24) is 0 Å². The second-order valence-electron chi connectivity index (χ2n) is 6.66. The predicted molar refractivity (Wildman–Crippen MR) is 96.0 cm³/mol. The van der Waals surface area contributed by atoms with E-state index in [1.165, 1.54) is 24.6 Å². The quantitative estimate of drug-likeness (QED) is 0.264. The Kier molecular flexibility index (Phi) is 6.80. The minimum atomic E-state index is -4.98. The molecule has 0 heterocycles. The van der Waals surface area contributed by atoms with Gasteiger partial charge in [0.05, 0.1) is 16.6 Å². The van der Waals surface area contributed by atoms with Crippen LogP contribution in [0.4, 0.5) is 18.9 Å². The SMILES string of the molecule is N=NN(C(=N)C(F)(F)F)c1ccc(C(CC2CCCCC2)C(N)=O)cc1Cl. The lowest BCUT2D eigenvalue weighted by atomic mass is 9.80. The number of hydrogen-bond donors (Lipinski definition) is 3. The maximum Gasteiger partial charge on any atom is 0.451 e. The average Bonchev–Trinajstić information content (AvgIpc) is 2.61. The standard InChI is InChI=1S/C17H21ClF3N5O/c18-13-9-11(12(15(22)27)8-10-4-2-1-3-5-10)6-7-14(13)26(25-24)16(23)17(19,20)21/h6-7,9-10,12,23-24H,1-5,8H2,(H2,22,27). The van der Waals surface area contributed by atoms with Crippen LogP contribution in [0.2, 0.25) is 5.02 Å². The summed E-state index contributed by atoms with van der Waals surface area (Å²) < 4.78 is 38.3. The van der Waals surface area contributed by atoms with Gasteiger partial charge in [-0.3, -0.25) is 10.2 Å². The Labute approximate surface area is 159 Å². The molecule has 1 aromatic rings. The molecule has 1 unspecified atom stereocenters. The predicted octanol–water partition coefficient (Wildman–Crippen LogP) is 5.17. The molecule has 1 aliphatic carbocycles. The first kappa shape index (κ1) is 21.1.